The number of ether oxygens (including phenoxy) is 1. The molecule has 0 saturated heterocycles. The van der Waals surface area contributed by atoms with Gasteiger partial charge in [-0.15, -0.1) is 0 Å². The Hall–Kier alpha value is -2.96. The Balaban J connectivity index is 1.49. The SMILES string of the molecule is O=C(O[C@@H](Cn1cncn1)c1ccccc1)[C@H]1CCc2cn[nH]c2C1. The van der Waals surface area contributed by atoms with Gasteiger partial charge >= 0.3 is 5.97 Å². The molecule has 0 bridgehead atoms. The molecular formula is C18H19N5O2. The summed E-state index contributed by atoms with van der Waals surface area (Å²) in [6, 6.07) is 9.74. The quantitative estimate of drug-likeness (QED) is 0.721. The minimum atomic E-state index is -0.390. The zero-order valence-electron chi connectivity index (χ0n) is 13.7. The summed E-state index contributed by atoms with van der Waals surface area (Å²) in [6.45, 7) is 0.442. The van der Waals surface area contributed by atoms with Gasteiger partial charge in [0, 0.05) is 12.1 Å². The third kappa shape index (κ3) is 3.45. The van der Waals surface area contributed by atoms with Crippen molar-refractivity contribution in [3.63, 3.8) is 0 Å². The molecule has 1 N–H and O–H groups in total. The Morgan fingerprint density at radius 2 is 2.24 bits per heavy atom. The van der Waals surface area contributed by atoms with Crippen LogP contribution in [0.25, 0.3) is 0 Å². The van der Waals surface area contributed by atoms with Gasteiger partial charge in [0.2, 0.25) is 0 Å². The predicted molar refractivity (Wildman–Crippen MR) is 89.4 cm³/mol. The van der Waals surface area contributed by atoms with Crippen LogP contribution in [0.5, 0.6) is 0 Å². The van der Waals surface area contributed by atoms with E-state index >= 15 is 0 Å². The fourth-order valence-electron chi connectivity index (χ4n) is 3.22. The lowest BCUT2D eigenvalue weighted by atomic mass is 9.88. The molecule has 0 spiro atoms. The smallest absolute Gasteiger partial charge is 0.310 e. The van der Waals surface area contributed by atoms with Gasteiger partial charge < -0.3 is 4.74 Å². The van der Waals surface area contributed by atoms with Gasteiger partial charge in [0.15, 0.2) is 0 Å². The summed E-state index contributed by atoms with van der Waals surface area (Å²) >= 11 is 0. The van der Waals surface area contributed by atoms with Gasteiger partial charge in [0.05, 0.1) is 18.7 Å². The molecule has 2 atom stereocenters. The molecule has 0 fully saturated rings. The van der Waals surface area contributed by atoms with E-state index in [4.69, 9.17) is 4.74 Å². The Bertz CT molecular complexity index is 828. The van der Waals surface area contributed by atoms with Crippen molar-refractivity contribution in [2.45, 2.75) is 31.9 Å². The average Bonchev–Trinajstić information content (AvgIpc) is 3.32. The van der Waals surface area contributed by atoms with Crippen LogP contribution in [0.1, 0.15) is 29.3 Å². The highest BCUT2D eigenvalue weighted by Gasteiger charge is 2.29. The summed E-state index contributed by atoms with van der Waals surface area (Å²) in [6.07, 6.45) is 6.85. The first kappa shape index (κ1) is 15.6. The van der Waals surface area contributed by atoms with Gasteiger partial charge in [-0.2, -0.15) is 10.2 Å². The number of hydrogen-bond acceptors (Lipinski definition) is 5. The molecule has 0 unspecified atom stereocenters. The van der Waals surface area contributed by atoms with Crippen molar-refractivity contribution in [3.05, 3.63) is 66.0 Å². The highest BCUT2D eigenvalue weighted by molar-refractivity contribution is 5.73. The standard InChI is InChI=1S/C18H19N5O2/c24-18(14-6-7-15-9-20-22-16(15)8-14)25-17(10-23-12-19-11-21-23)13-4-2-1-3-5-13/h1-5,9,11-12,14,17H,6-8,10H2,(H,20,22)/t14-,17-/m0/s1. The summed E-state index contributed by atoms with van der Waals surface area (Å²) in [5, 5.41) is 11.2. The van der Waals surface area contributed by atoms with Crippen LogP contribution >= 0.6 is 0 Å². The summed E-state index contributed by atoms with van der Waals surface area (Å²) in [5.41, 5.74) is 3.19. The van der Waals surface area contributed by atoms with Crippen molar-refractivity contribution < 1.29 is 9.53 Å². The second-order valence-corrected chi connectivity index (χ2v) is 6.27. The number of nitrogens with one attached hydrogen (secondary N) is 1. The predicted octanol–water partition coefficient (Wildman–Crippen LogP) is 2.09. The van der Waals surface area contributed by atoms with E-state index < -0.39 is 6.10 Å². The fourth-order valence-corrected chi connectivity index (χ4v) is 3.22. The number of hydrogen-bond donors (Lipinski definition) is 1. The zero-order chi connectivity index (χ0) is 17.1. The summed E-state index contributed by atoms with van der Waals surface area (Å²) in [7, 11) is 0. The monoisotopic (exact) mass is 337 g/mol. The van der Waals surface area contributed by atoms with E-state index in [-0.39, 0.29) is 11.9 Å². The van der Waals surface area contributed by atoms with E-state index in [1.165, 1.54) is 11.9 Å². The van der Waals surface area contributed by atoms with E-state index in [1.54, 1.807) is 11.0 Å². The van der Waals surface area contributed by atoms with Crippen molar-refractivity contribution in [3.8, 4) is 0 Å². The minimum Gasteiger partial charge on any atom is -0.455 e. The van der Waals surface area contributed by atoms with Crippen LogP contribution in [-0.2, 0) is 28.9 Å². The average molecular weight is 337 g/mol. The molecule has 128 valence electrons. The molecule has 1 aliphatic rings. The molecule has 0 saturated carbocycles. The topological polar surface area (TPSA) is 85.7 Å². The van der Waals surface area contributed by atoms with Crippen molar-refractivity contribution >= 4 is 5.97 Å². The number of H-pyrrole nitrogens is 1. The Morgan fingerprint density at radius 3 is 3.04 bits per heavy atom. The normalized spacial score (nSPS) is 17.7. The van der Waals surface area contributed by atoms with Crippen LogP contribution in [-0.4, -0.2) is 30.9 Å². The van der Waals surface area contributed by atoms with Crippen molar-refractivity contribution in [2.75, 3.05) is 0 Å². The molecule has 0 radical (unpaired) electrons. The number of carbonyl (C=O) groups is 1. The lowest BCUT2D eigenvalue weighted by Gasteiger charge is -2.24. The van der Waals surface area contributed by atoms with Crippen LogP contribution in [0.2, 0.25) is 0 Å². The van der Waals surface area contributed by atoms with Crippen LogP contribution < -0.4 is 0 Å². The molecular weight excluding hydrogens is 318 g/mol. The number of rotatable bonds is 5. The van der Waals surface area contributed by atoms with E-state index in [1.807, 2.05) is 36.5 Å². The summed E-state index contributed by atoms with van der Waals surface area (Å²) in [5.74, 6) is -0.316. The number of nitrogens with zero attached hydrogens (tertiary/aromatic N) is 4. The highest BCUT2D eigenvalue weighted by Crippen LogP contribution is 2.27. The van der Waals surface area contributed by atoms with Gasteiger partial charge in [-0.3, -0.25) is 9.89 Å². The van der Waals surface area contributed by atoms with Crippen LogP contribution in [0.4, 0.5) is 0 Å². The van der Waals surface area contributed by atoms with E-state index in [0.717, 1.165) is 24.1 Å². The minimum absolute atomic E-state index is 0.144. The van der Waals surface area contributed by atoms with Gasteiger partial charge in [0.1, 0.15) is 18.8 Å². The fraction of sp³-hybridized carbons (Fsp3) is 0.333. The number of carbonyl (C=O) groups excluding carboxylic acids is 1. The molecule has 1 aliphatic carbocycles. The Kier molecular flexibility index (Phi) is 4.28. The molecule has 0 amide bonds. The maximum Gasteiger partial charge on any atom is 0.310 e. The van der Waals surface area contributed by atoms with Crippen molar-refractivity contribution in [1.82, 2.24) is 25.0 Å². The second-order valence-electron chi connectivity index (χ2n) is 6.27. The first-order chi connectivity index (χ1) is 12.3. The number of aromatic nitrogens is 5. The molecule has 1 aromatic carbocycles. The molecule has 2 aromatic heterocycles. The van der Waals surface area contributed by atoms with E-state index in [2.05, 4.69) is 20.3 Å². The van der Waals surface area contributed by atoms with Gasteiger partial charge in [0.25, 0.3) is 0 Å². The Labute approximate surface area is 145 Å². The van der Waals surface area contributed by atoms with E-state index in [0.29, 0.717) is 13.0 Å². The Morgan fingerprint density at radius 1 is 1.36 bits per heavy atom. The van der Waals surface area contributed by atoms with E-state index in [9.17, 15) is 4.79 Å². The third-order valence-electron chi connectivity index (χ3n) is 4.60. The number of aromatic amines is 1. The molecule has 7 nitrogen and oxygen atoms in total. The van der Waals surface area contributed by atoms with Crippen LogP contribution in [0.15, 0.2) is 49.2 Å². The number of aryl methyl sites for hydroxylation is 1. The van der Waals surface area contributed by atoms with Gasteiger partial charge in [-0.05, 0) is 24.0 Å². The lowest BCUT2D eigenvalue weighted by molar-refractivity contribution is -0.155. The van der Waals surface area contributed by atoms with Crippen LogP contribution in [0, 0.1) is 5.92 Å². The largest absolute Gasteiger partial charge is 0.455 e. The third-order valence-corrected chi connectivity index (χ3v) is 4.60. The summed E-state index contributed by atoms with van der Waals surface area (Å²) < 4.78 is 7.56. The molecule has 25 heavy (non-hydrogen) atoms. The maximum atomic E-state index is 12.7. The second kappa shape index (κ2) is 6.88. The number of fused-ring (bicyclic) bond motifs is 1. The van der Waals surface area contributed by atoms with Gasteiger partial charge in [-0.1, -0.05) is 30.3 Å². The number of esters is 1. The first-order valence-electron chi connectivity index (χ1n) is 8.38. The highest BCUT2D eigenvalue weighted by atomic mass is 16.5. The molecule has 3 aromatic rings. The lowest BCUT2D eigenvalue weighted by Crippen LogP contribution is -2.27. The van der Waals surface area contributed by atoms with Crippen molar-refractivity contribution in [1.29, 1.82) is 0 Å². The summed E-state index contributed by atoms with van der Waals surface area (Å²) in [4.78, 5) is 16.7. The zero-order valence-corrected chi connectivity index (χ0v) is 13.7. The van der Waals surface area contributed by atoms with Crippen LogP contribution in [0.3, 0.4) is 0 Å². The molecule has 7 heteroatoms. The molecule has 4 rings (SSSR count). The van der Waals surface area contributed by atoms with Crippen molar-refractivity contribution in [2.24, 2.45) is 5.92 Å². The molecule has 0 aliphatic heterocycles. The maximum absolute atomic E-state index is 12.7. The molecule has 2 heterocycles. The van der Waals surface area contributed by atoms with Gasteiger partial charge in [-0.25, -0.2) is 9.67 Å². The first-order valence-corrected chi connectivity index (χ1v) is 8.38. The number of benzene rings is 1.